The Morgan fingerprint density at radius 2 is 1.50 bits per heavy atom. The van der Waals surface area contributed by atoms with Gasteiger partial charge in [0.25, 0.3) is 15.9 Å². The van der Waals surface area contributed by atoms with Crippen molar-refractivity contribution >= 4 is 49.7 Å². The Labute approximate surface area is 209 Å². The van der Waals surface area contributed by atoms with Crippen LogP contribution in [-0.4, -0.2) is 21.4 Å². The molecule has 11 heteroatoms. The first-order valence-electron chi connectivity index (χ1n) is 10.4. The Morgan fingerprint density at radius 3 is 2.11 bits per heavy atom. The van der Waals surface area contributed by atoms with Crippen LogP contribution in [0.25, 0.3) is 10.8 Å². The van der Waals surface area contributed by atoms with Gasteiger partial charge in [-0.25, -0.2) is 8.42 Å². The quantitative estimate of drug-likeness (QED) is 0.293. The summed E-state index contributed by atoms with van der Waals surface area (Å²) in [7, 11) is -2.76. The third-order valence-electron chi connectivity index (χ3n) is 5.26. The monoisotopic (exact) mass is 534 g/mol. The highest BCUT2D eigenvalue weighted by Crippen LogP contribution is 2.36. The lowest BCUT2D eigenvalue weighted by atomic mass is 10.1. The molecular weight excluding hydrogens is 517 g/mol. The van der Waals surface area contributed by atoms with Crippen molar-refractivity contribution in [1.29, 1.82) is 0 Å². The van der Waals surface area contributed by atoms with Crippen molar-refractivity contribution in [3.8, 4) is 5.75 Å². The van der Waals surface area contributed by atoms with E-state index in [1.807, 2.05) is 24.3 Å². The first-order chi connectivity index (χ1) is 17.0. The van der Waals surface area contributed by atoms with Crippen LogP contribution in [-0.2, 0) is 16.2 Å². The van der Waals surface area contributed by atoms with Crippen molar-refractivity contribution < 1.29 is 31.1 Å². The standard InChI is InChI=1S/C25H18ClF3N2O4S/c1-35-23-13-16-5-3-2-4-15(16)12-20(23)24(32)30-17-6-9-19(10-7-17)36(33,34)31-18-8-11-22(26)21(14-18)25(27,28)29/h2-14,31H,1H3,(H,30,32). The number of halogens is 4. The van der Waals surface area contributed by atoms with Crippen molar-refractivity contribution in [1.82, 2.24) is 0 Å². The van der Waals surface area contributed by atoms with Crippen molar-refractivity contribution in [2.24, 2.45) is 0 Å². The lowest BCUT2D eigenvalue weighted by Crippen LogP contribution is -2.15. The van der Waals surface area contributed by atoms with Gasteiger partial charge in [0.15, 0.2) is 0 Å². The summed E-state index contributed by atoms with van der Waals surface area (Å²) < 4.78 is 72.0. The summed E-state index contributed by atoms with van der Waals surface area (Å²) in [6.45, 7) is 0. The largest absolute Gasteiger partial charge is 0.496 e. The molecule has 4 aromatic carbocycles. The summed E-state index contributed by atoms with van der Waals surface area (Å²) >= 11 is 5.58. The summed E-state index contributed by atoms with van der Waals surface area (Å²) in [4.78, 5) is 12.7. The van der Waals surface area contributed by atoms with E-state index in [4.69, 9.17) is 16.3 Å². The molecular formula is C25H18ClF3N2O4S. The summed E-state index contributed by atoms with van der Waals surface area (Å²) in [6, 6.07) is 18.8. The van der Waals surface area contributed by atoms with Crippen LogP contribution in [0.2, 0.25) is 5.02 Å². The summed E-state index contributed by atoms with van der Waals surface area (Å²) in [5.41, 5.74) is -0.864. The number of benzene rings is 4. The number of nitrogens with one attached hydrogen (secondary N) is 2. The number of hydrogen-bond donors (Lipinski definition) is 2. The molecule has 0 spiro atoms. The van der Waals surface area contributed by atoms with E-state index in [0.29, 0.717) is 17.5 Å². The smallest absolute Gasteiger partial charge is 0.417 e. The summed E-state index contributed by atoms with van der Waals surface area (Å²) in [6.07, 6.45) is -4.74. The van der Waals surface area contributed by atoms with E-state index < -0.39 is 32.7 Å². The highest BCUT2D eigenvalue weighted by molar-refractivity contribution is 7.92. The van der Waals surface area contributed by atoms with Crippen LogP contribution >= 0.6 is 11.6 Å². The zero-order chi connectivity index (χ0) is 26.1. The Morgan fingerprint density at radius 1 is 0.889 bits per heavy atom. The lowest BCUT2D eigenvalue weighted by molar-refractivity contribution is -0.137. The van der Waals surface area contributed by atoms with E-state index in [-0.39, 0.29) is 16.1 Å². The van der Waals surface area contributed by atoms with Crippen molar-refractivity contribution in [3.63, 3.8) is 0 Å². The van der Waals surface area contributed by atoms with Gasteiger partial charge in [-0.05, 0) is 65.4 Å². The summed E-state index contributed by atoms with van der Waals surface area (Å²) in [5.74, 6) is -0.0945. The average Bonchev–Trinajstić information content (AvgIpc) is 2.83. The molecule has 0 saturated heterocycles. The van der Waals surface area contributed by atoms with Gasteiger partial charge in [0.1, 0.15) is 5.75 Å². The molecule has 1 amide bonds. The SMILES string of the molecule is COc1cc2ccccc2cc1C(=O)Nc1ccc(S(=O)(=O)Nc2ccc(Cl)c(C(F)(F)F)c2)cc1. The average molecular weight is 535 g/mol. The molecule has 186 valence electrons. The molecule has 0 aliphatic heterocycles. The lowest BCUT2D eigenvalue weighted by Gasteiger charge is -2.13. The minimum atomic E-state index is -4.74. The molecule has 0 atom stereocenters. The van der Waals surface area contributed by atoms with E-state index in [9.17, 15) is 26.4 Å². The van der Waals surface area contributed by atoms with Gasteiger partial charge in [-0.2, -0.15) is 13.2 Å². The third kappa shape index (κ3) is 5.39. The minimum absolute atomic E-state index is 0.215. The number of hydrogen-bond acceptors (Lipinski definition) is 4. The second kappa shape index (κ2) is 9.71. The van der Waals surface area contributed by atoms with Gasteiger partial charge in [0.2, 0.25) is 0 Å². The van der Waals surface area contributed by atoms with Gasteiger partial charge >= 0.3 is 6.18 Å². The predicted octanol–water partition coefficient (Wildman–Crippen LogP) is 6.57. The predicted molar refractivity (Wildman–Crippen MR) is 132 cm³/mol. The van der Waals surface area contributed by atoms with Crippen LogP contribution in [0.5, 0.6) is 5.75 Å². The second-order valence-corrected chi connectivity index (χ2v) is 9.77. The molecule has 0 saturated carbocycles. The Kier molecular flexibility index (Phi) is 6.83. The minimum Gasteiger partial charge on any atom is -0.496 e. The van der Waals surface area contributed by atoms with Crippen LogP contribution in [0.3, 0.4) is 0 Å². The number of alkyl halides is 3. The molecule has 0 aliphatic carbocycles. The van der Waals surface area contributed by atoms with Gasteiger partial charge in [0.05, 0.1) is 28.2 Å². The fourth-order valence-corrected chi connectivity index (χ4v) is 4.78. The fourth-order valence-electron chi connectivity index (χ4n) is 3.50. The van der Waals surface area contributed by atoms with Crippen molar-refractivity contribution in [3.05, 3.63) is 95.0 Å². The Bertz CT molecular complexity index is 1560. The topological polar surface area (TPSA) is 84.5 Å². The molecule has 0 aromatic heterocycles. The molecule has 0 fully saturated rings. The van der Waals surface area contributed by atoms with E-state index in [1.54, 1.807) is 12.1 Å². The van der Waals surface area contributed by atoms with Crippen molar-refractivity contribution in [2.75, 3.05) is 17.1 Å². The van der Waals surface area contributed by atoms with Gasteiger partial charge < -0.3 is 10.1 Å². The first-order valence-corrected chi connectivity index (χ1v) is 12.2. The first kappa shape index (κ1) is 25.3. The van der Waals surface area contributed by atoms with Crippen LogP contribution in [0.4, 0.5) is 24.5 Å². The maximum atomic E-state index is 13.1. The molecule has 0 unspecified atom stereocenters. The molecule has 0 heterocycles. The molecule has 6 nitrogen and oxygen atoms in total. The molecule has 0 bridgehead atoms. The highest BCUT2D eigenvalue weighted by Gasteiger charge is 2.33. The number of methoxy groups -OCH3 is 1. The number of ether oxygens (including phenoxy) is 1. The molecule has 2 N–H and O–H groups in total. The zero-order valence-electron chi connectivity index (χ0n) is 18.6. The fraction of sp³-hybridized carbons (Fsp3) is 0.0800. The Hall–Kier alpha value is -3.76. The molecule has 4 rings (SSSR count). The number of carbonyl (C=O) groups excluding carboxylic acids is 1. The maximum Gasteiger partial charge on any atom is 0.417 e. The van der Waals surface area contributed by atoms with Gasteiger partial charge in [-0.15, -0.1) is 0 Å². The Balaban J connectivity index is 1.53. The van der Waals surface area contributed by atoms with Crippen LogP contribution in [0.1, 0.15) is 15.9 Å². The van der Waals surface area contributed by atoms with Crippen LogP contribution in [0.15, 0.2) is 83.8 Å². The number of fused-ring (bicyclic) bond motifs is 1. The van der Waals surface area contributed by atoms with E-state index in [2.05, 4.69) is 10.0 Å². The maximum absolute atomic E-state index is 13.1. The third-order valence-corrected chi connectivity index (χ3v) is 6.99. The number of anilines is 2. The van der Waals surface area contributed by atoms with E-state index in [0.717, 1.165) is 22.9 Å². The number of sulfonamides is 1. The van der Waals surface area contributed by atoms with Gasteiger partial charge in [-0.3, -0.25) is 9.52 Å². The molecule has 4 aromatic rings. The van der Waals surface area contributed by atoms with Gasteiger partial charge in [0, 0.05) is 11.4 Å². The normalized spacial score (nSPS) is 11.8. The van der Waals surface area contributed by atoms with E-state index in [1.165, 1.54) is 31.4 Å². The van der Waals surface area contributed by atoms with Crippen molar-refractivity contribution in [2.45, 2.75) is 11.1 Å². The zero-order valence-corrected chi connectivity index (χ0v) is 20.1. The number of rotatable bonds is 6. The van der Waals surface area contributed by atoms with E-state index >= 15 is 0 Å². The van der Waals surface area contributed by atoms with Gasteiger partial charge in [-0.1, -0.05) is 35.9 Å². The van der Waals surface area contributed by atoms with Crippen LogP contribution in [0, 0.1) is 0 Å². The summed E-state index contributed by atoms with van der Waals surface area (Å²) in [5, 5.41) is 3.87. The number of amides is 1. The van der Waals surface area contributed by atoms with Crippen LogP contribution < -0.4 is 14.8 Å². The molecule has 0 radical (unpaired) electrons. The second-order valence-electron chi connectivity index (χ2n) is 7.68. The molecule has 36 heavy (non-hydrogen) atoms. The molecule has 0 aliphatic rings. The highest BCUT2D eigenvalue weighted by atomic mass is 35.5. The number of carbonyl (C=O) groups is 1.